The normalized spacial score (nSPS) is 18.1. The van der Waals surface area contributed by atoms with E-state index in [1.807, 2.05) is 12.1 Å². The van der Waals surface area contributed by atoms with E-state index >= 15 is 0 Å². The zero-order valence-corrected chi connectivity index (χ0v) is 26.1. The smallest absolute Gasteiger partial charge is 0.326 e. The van der Waals surface area contributed by atoms with Gasteiger partial charge in [-0.1, -0.05) is 42.5 Å². The summed E-state index contributed by atoms with van der Waals surface area (Å²) in [6.45, 7) is 2.02. The van der Waals surface area contributed by atoms with Crippen LogP contribution in [0.3, 0.4) is 0 Å². The lowest BCUT2D eigenvalue weighted by Crippen LogP contribution is -2.49. The Hall–Kier alpha value is -4.23. The minimum Gasteiger partial charge on any atom is -0.481 e. The number of carbonyl (C=O) groups is 5. The van der Waals surface area contributed by atoms with E-state index in [0.29, 0.717) is 37.6 Å². The number of fused-ring (bicyclic) bond motifs is 1. The predicted octanol–water partition coefficient (Wildman–Crippen LogP) is 2.51. The second-order valence-corrected chi connectivity index (χ2v) is 11.9. The van der Waals surface area contributed by atoms with Crippen molar-refractivity contribution < 1.29 is 38.9 Å². The lowest BCUT2D eigenvalue weighted by Gasteiger charge is -2.29. The number of rotatable bonds is 20. The van der Waals surface area contributed by atoms with E-state index in [0.717, 1.165) is 55.1 Å². The first kappa shape index (κ1) is 36.2. The maximum atomic E-state index is 13.4. The molecule has 0 radical (unpaired) electrons. The molecule has 1 aliphatic rings. The summed E-state index contributed by atoms with van der Waals surface area (Å²) in [5.41, 5.74) is 6.91. The molecule has 0 aliphatic heterocycles. The number of nitrogens with one attached hydrogen (secondary N) is 4. The zero-order valence-electron chi connectivity index (χ0n) is 26.1. The molecule has 1 saturated carbocycles. The monoisotopic (exact) mass is 641 g/mol. The van der Waals surface area contributed by atoms with Gasteiger partial charge in [0.25, 0.3) is 6.47 Å². The molecule has 46 heavy (non-hydrogen) atoms. The summed E-state index contributed by atoms with van der Waals surface area (Å²) < 4.78 is 4.92. The predicted molar refractivity (Wildman–Crippen MR) is 172 cm³/mol. The fraction of sp³-hybridized carbons (Fsp3) is 0.545. The Labute approximate surface area is 269 Å². The third-order valence-corrected chi connectivity index (χ3v) is 8.48. The average Bonchev–Trinajstić information content (AvgIpc) is 3.04. The molecule has 0 bridgehead atoms. The fourth-order valence-electron chi connectivity index (χ4n) is 5.74. The Morgan fingerprint density at radius 3 is 2.30 bits per heavy atom. The van der Waals surface area contributed by atoms with Gasteiger partial charge >= 0.3 is 18.0 Å². The van der Waals surface area contributed by atoms with Gasteiger partial charge in [0.15, 0.2) is 6.23 Å². The molecule has 1 aliphatic carbocycles. The number of ether oxygens (including phenoxy) is 1. The highest BCUT2D eigenvalue weighted by Gasteiger charge is 2.25. The van der Waals surface area contributed by atoms with Gasteiger partial charge in [-0.25, -0.2) is 9.59 Å². The van der Waals surface area contributed by atoms with Gasteiger partial charge in [0.2, 0.25) is 5.91 Å². The van der Waals surface area contributed by atoms with Crippen LogP contribution >= 0.6 is 0 Å². The van der Waals surface area contributed by atoms with Crippen molar-refractivity contribution >= 4 is 41.1 Å². The van der Waals surface area contributed by atoms with Crippen LogP contribution in [0.25, 0.3) is 10.8 Å². The van der Waals surface area contributed by atoms with E-state index in [1.165, 1.54) is 0 Å². The molecule has 8 N–H and O–H groups in total. The number of hydrogen-bond acceptors (Lipinski definition) is 8. The number of unbranched alkanes of at least 4 members (excludes halogenated alkanes) is 1. The second kappa shape index (κ2) is 19.3. The first-order chi connectivity index (χ1) is 22.2. The Morgan fingerprint density at radius 1 is 0.913 bits per heavy atom. The van der Waals surface area contributed by atoms with Crippen molar-refractivity contribution in [2.24, 2.45) is 17.6 Å². The van der Waals surface area contributed by atoms with Crippen LogP contribution in [-0.4, -0.2) is 78.5 Å². The first-order valence-corrected chi connectivity index (χ1v) is 16.0. The van der Waals surface area contributed by atoms with Gasteiger partial charge in [-0.2, -0.15) is 0 Å². The maximum Gasteiger partial charge on any atom is 0.326 e. The maximum absolute atomic E-state index is 13.4. The molecular weight excluding hydrogens is 594 g/mol. The van der Waals surface area contributed by atoms with Crippen LogP contribution in [0.2, 0.25) is 0 Å². The van der Waals surface area contributed by atoms with Crippen LogP contribution in [0.1, 0.15) is 63.4 Å². The minimum absolute atomic E-state index is 0.108. The minimum atomic E-state index is -1.42. The van der Waals surface area contributed by atoms with Crippen molar-refractivity contribution in [3.8, 4) is 0 Å². The zero-order chi connectivity index (χ0) is 33.3. The highest BCUT2D eigenvalue weighted by atomic mass is 16.5. The Morgan fingerprint density at radius 2 is 1.63 bits per heavy atom. The molecule has 0 aromatic heterocycles. The summed E-state index contributed by atoms with van der Waals surface area (Å²) in [6.07, 6.45) is 4.41. The average molecular weight is 642 g/mol. The lowest BCUT2D eigenvalue weighted by molar-refractivity contribution is -0.141. The highest BCUT2D eigenvalue weighted by Crippen LogP contribution is 2.27. The summed E-state index contributed by atoms with van der Waals surface area (Å²) >= 11 is 0. The van der Waals surface area contributed by atoms with Gasteiger partial charge < -0.3 is 42.0 Å². The molecule has 0 saturated heterocycles. The van der Waals surface area contributed by atoms with Gasteiger partial charge in [-0.15, -0.1) is 0 Å². The Bertz CT molecular complexity index is 1300. The van der Waals surface area contributed by atoms with Gasteiger partial charge in [-0.3, -0.25) is 14.4 Å². The molecule has 2 aromatic carbocycles. The van der Waals surface area contributed by atoms with E-state index in [9.17, 15) is 29.1 Å². The van der Waals surface area contributed by atoms with Crippen LogP contribution in [0.4, 0.5) is 4.79 Å². The molecule has 0 heterocycles. The number of carboxylic acids is 2. The van der Waals surface area contributed by atoms with Crippen LogP contribution in [0.15, 0.2) is 42.5 Å². The molecular formula is C33H47N5O8. The molecule has 1 fully saturated rings. The van der Waals surface area contributed by atoms with E-state index < -0.39 is 42.7 Å². The van der Waals surface area contributed by atoms with E-state index in [4.69, 9.17) is 15.6 Å². The topological polar surface area (TPSA) is 209 Å². The van der Waals surface area contributed by atoms with Crippen LogP contribution in [0, 0.1) is 11.8 Å². The summed E-state index contributed by atoms with van der Waals surface area (Å²) in [4.78, 5) is 58.7. The van der Waals surface area contributed by atoms with Crippen molar-refractivity contribution in [1.29, 1.82) is 0 Å². The fourth-order valence-corrected chi connectivity index (χ4v) is 5.74. The third kappa shape index (κ3) is 12.6. The molecule has 3 atom stereocenters. The third-order valence-electron chi connectivity index (χ3n) is 8.48. The van der Waals surface area contributed by atoms with E-state index in [-0.39, 0.29) is 25.2 Å². The van der Waals surface area contributed by atoms with Crippen LogP contribution in [-0.2, 0) is 30.3 Å². The molecule has 13 nitrogen and oxygen atoms in total. The van der Waals surface area contributed by atoms with Gasteiger partial charge in [0.1, 0.15) is 6.04 Å². The summed E-state index contributed by atoms with van der Waals surface area (Å²) in [6, 6.07) is 11.6. The molecule has 3 rings (SSSR count). The van der Waals surface area contributed by atoms with E-state index in [2.05, 4.69) is 51.6 Å². The van der Waals surface area contributed by atoms with Crippen molar-refractivity contribution in [3.05, 3.63) is 48.0 Å². The molecule has 252 valence electrons. The van der Waals surface area contributed by atoms with Gasteiger partial charge in [-0.05, 0) is 92.6 Å². The van der Waals surface area contributed by atoms with Crippen molar-refractivity contribution in [3.63, 3.8) is 0 Å². The lowest BCUT2D eigenvalue weighted by atomic mass is 9.82. The van der Waals surface area contributed by atoms with Crippen LogP contribution in [0.5, 0.6) is 0 Å². The summed E-state index contributed by atoms with van der Waals surface area (Å²) in [5, 5.41) is 31.4. The number of urea groups is 1. The number of amides is 3. The van der Waals surface area contributed by atoms with Crippen LogP contribution < -0.4 is 27.0 Å². The van der Waals surface area contributed by atoms with Crippen molar-refractivity contribution in [1.82, 2.24) is 21.3 Å². The van der Waals surface area contributed by atoms with E-state index in [1.54, 1.807) is 0 Å². The molecule has 3 amide bonds. The quantitative estimate of drug-likeness (QED) is 0.0638. The molecule has 13 heteroatoms. The number of carbonyl (C=O) groups excluding carboxylic acids is 3. The summed E-state index contributed by atoms with van der Waals surface area (Å²) in [7, 11) is 0. The number of benzene rings is 2. The number of carboxylic acid groups (broad SMARTS) is 2. The van der Waals surface area contributed by atoms with Gasteiger partial charge in [0, 0.05) is 19.4 Å². The largest absolute Gasteiger partial charge is 0.481 e. The molecule has 2 aromatic rings. The Kier molecular flexibility index (Phi) is 15.2. The summed E-state index contributed by atoms with van der Waals surface area (Å²) in [5.74, 6) is -1.60. The number of aliphatic carboxylic acids is 2. The van der Waals surface area contributed by atoms with Crippen molar-refractivity contribution in [2.45, 2.75) is 82.5 Å². The SMILES string of the molecule is NCC1CCC(CN[C@@H](Cc2ccc3ccccc3c2)C(=O)NCCCC[C@H](NC(=O)N[C@@H](CCC(=O)O)C(=O)O)OC=O)CC1. The highest BCUT2D eigenvalue weighted by molar-refractivity contribution is 5.85. The molecule has 0 unspecified atom stereocenters. The number of nitrogens with two attached hydrogens (primary N) is 1. The molecule has 0 spiro atoms. The Balaban J connectivity index is 1.49. The standard InChI is InChI=1S/C33H47N5O8/c34-19-22-8-10-23(11-9-22)20-36-28(18-24-12-13-25-5-1-2-6-26(25)17-24)31(42)35-16-4-3-7-29(46-21-39)38-33(45)37-27(32(43)44)14-15-30(40)41/h1-2,5-6,12-13,17,21-23,27-29,36H,3-4,7-11,14-16,18-20,34H2,(H,35,42)(H,40,41)(H,43,44)(H2,37,38,45)/t22?,23?,27-,28-,29+/m0/s1. The van der Waals surface area contributed by atoms with Gasteiger partial charge in [0.05, 0.1) is 6.04 Å². The first-order valence-electron chi connectivity index (χ1n) is 16.0. The number of hydrogen-bond donors (Lipinski definition) is 7. The van der Waals surface area contributed by atoms with Crippen molar-refractivity contribution in [2.75, 3.05) is 19.6 Å². The second-order valence-electron chi connectivity index (χ2n) is 11.9.